The molecule has 1 aromatic heterocycles. The van der Waals surface area contributed by atoms with Gasteiger partial charge in [-0.05, 0) is 24.3 Å². The summed E-state index contributed by atoms with van der Waals surface area (Å²) in [6.07, 6.45) is 2.15. The van der Waals surface area contributed by atoms with Gasteiger partial charge in [-0.3, -0.25) is 0 Å². The molecule has 0 aliphatic carbocycles. The second-order valence-electron chi connectivity index (χ2n) is 5.23. The summed E-state index contributed by atoms with van der Waals surface area (Å²) in [5.74, 6) is 1.97. The fourth-order valence-corrected chi connectivity index (χ4v) is 3.34. The third kappa shape index (κ3) is 3.11. The normalized spacial score (nSPS) is 13.4. The number of aromatic nitrogens is 2. The molecule has 110 valence electrons. The Balaban J connectivity index is 1.96. The van der Waals surface area contributed by atoms with Gasteiger partial charge in [0.2, 0.25) is 0 Å². The van der Waals surface area contributed by atoms with E-state index in [-0.39, 0.29) is 0 Å². The summed E-state index contributed by atoms with van der Waals surface area (Å²) in [7, 11) is 0. The van der Waals surface area contributed by atoms with Gasteiger partial charge in [0.15, 0.2) is 5.82 Å². The van der Waals surface area contributed by atoms with Crippen molar-refractivity contribution in [1.29, 1.82) is 0 Å². The largest absolute Gasteiger partial charge is 0.307 e. The van der Waals surface area contributed by atoms with Crippen LogP contribution in [0.15, 0.2) is 29.2 Å². The number of benzene rings is 1. The molecule has 0 bridgehead atoms. The van der Waals surface area contributed by atoms with Crippen LogP contribution in [0.4, 0.5) is 0 Å². The first-order valence-corrected chi connectivity index (χ1v) is 8.63. The maximum atomic E-state index is 4.82. The minimum absolute atomic E-state index is 0.866. The zero-order valence-corrected chi connectivity index (χ0v) is 13.5. The van der Waals surface area contributed by atoms with E-state index in [9.17, 15) is 0 Å². The summed E-state index contributed by atoms with van der Waals surface area (Å²) in [4.78, 5) is 10.9. The maximum absolute atomic E-state index is 4.82. The van der Waals surface area contributed by atoms with Crippen LogP contribution in [-0.4, -0.2) is 15.7 Å². The molecule has 4 heteroatoms. The standard InChI is InChI=1S/C17H21N3S/c1-3-5-15-14-10-18-11-16(14)20-17(19-15)12-6-8-13(9-7-12)21-4-2/h6-9,18H,3-5,10-11H2,1-2H3. The molecule has 21 heavy (non-hydrogen) atoms. The summed E-state index contributed by atoms with van der Waals surface area (Å²) in [5.41, 5.74) is 4.83. The number of rotatable bonds is 5. The van der Waals surface area contributed by atoms with E-state index in [1.54, 1.807) is 0 Å². The number of hydrogen-bond donors (Lipinski definition) is 1. The van der Waals surface area contributed by atoms with E-state index in [2.05, 4.69) is 43.4 Å². The van der Waals surface area contributed by atoms with Gasteiger partial charge in [0, 0.05) is 34.8 Å². The van der Waals surface area contributed by atoms with E-state index in [0.717, 1.165) is 43.1 Å². The van der Waals surface area contributed by atoms with Crippen molar-refractivity contribution in [2.45, 2.75) is 44.7 Å². The van der Waals surface area contributed by atoms with Crippen LogP contribution in [0.25, 0.3) is 11.4 Å². The molecule has 1 aliphatic rings. The molecule has 1 aliphatic heterocycles. The Hall–Kier alpha value is -1.39. The Kier molecular flexibility index (Phi) is 4.56. The lowest BCUT2D eigenvalue weighted by Gasteiger charge is -2.09. The van der Waals surface area contributed by atoms with Crippen molar-refractivity contribution in [2.24, 2.45) is 0 Å². The molecule has 0 unspecified atom stereocenters. The summed E-state index contributed by atoms with van der Waals surface area (Å²) in [5, 5.41) is 3.39. The first-order chi connectivity index (χ1) is 10.3. The van der Waals surface area contributed by atoms with E-state index >= 15 is 0 Å². The minimum Gasteiger partial charge on any atom is -0.307 e. The van der Waals surface area contributed by atoms with Gasteiger partial charge in [-0.2, -0.15) is 0 Å². The van der Waals surface area contributed by atoms with E-state index in [4.69, 9.17) is 9.97 Å². The van der Waals surface area contributed by atoms with Crippen molar-refractivity contribution in [3.63, 3.8) is 0 Å². The lowest BCUT2D eigenvalue weighted by Crippen LogP contribution is -2.03. The molecule has 0 radical (unpaired) electrons. The highest BCUT2D eigenvalue weighted by Gasteiger charge is 2.18. The van der Waals surface area contributed by atoms with Crippen LogP contribution < -0.4 is 5.32 Å². The predicted octanol–water partition coefficient (Wildman–Crippen LogP) is 3.81. The number of fused-ring (bicyclic) bond motifs is 1. The van der Waals surface area contributed by atoms with Crippen LogP contribution in [0, 0.1) is 0 Å². The Bertz CT molecular complexity index is 623. The van der Waals surface area contributed by atoms with Gasteiger partial charge in [0.1, 0.15) is 0 Å². The second kappa shape index (κ2) is 6.58. The van der Waals surface area contributed by atoms with Crippen molar-refractivity contribution in [2.75, 3.05) is 5.75 Å². The van der Waals surface area contributed by atoms with Gasteiger partial charge in [-0.25, -0.2) is 9.97 Å². The summed E-state index contributed by atoms with van der Waals surface area (Å²) < 4.78 is 0. The fraction of sp³-hybridized carbons (Fsp3) is 0.412. The highest BCUT2D eigenvalue weighted by atomic mass is 32.2. The molecule has 3 nitrogen and oxygen atoms in total. The summed E-state index contributed by atoms with van der Waals surface area (Å²) in [6.45, 7) is 6.15. The highest BCUT2D eigenvalue weighted by molar-refractivity contribution is 7.99. The van der Waals surface area contributed by atoms with Crippen LogP contribution in [-0.2, 0) is 19.5 Å². The zero-order chi connectivity index (χ0) is 14.7. The topological polar surface area (TPSA) is 37.8 Å². The Morgan fingerprint density at radius 3 is 2.62 bits per heavy atom. The van der Waals surface area contributed by atoms with Crippen molar-refractivity contribution in [3.8, 4) is 11.4 Å². The van der Waals surface area contributed by atoms with Crippen molar-refractivity contribution >= 4 is 11.8 Å². The average Bonchev–Trinajstić information content (AvgIpc) is 2.97. The molecule has 0 saturated heterocycles. The molecule has 0 fully saturated rings. The SMILES string of the molecule is CCCc1nc(-c2ccc(SCC)cc2)nc2c1CNC2. The molecular formula is C17H21N3S. The lowest BCUT2D eigenvalue weighted by molar-refractivity contribution is 0.753. The molecule has 0 spiro atoms. The van der Waals surface area contributed by atoms with Crippen LogP contribution in [0.5, 0.6) is 0 Å². The number of nitrogens with zero attached hydrogens (tertiary/aromatic N) is 2. The van der Waals surface area contributed by atoms with E-state index in [1.807, 2.05) is 11.8 Å². The number of thioether (sulfide) groups is 1. The van der Waals surface area contributed by atoms with Gasteiger partial charge >= 0.3 is 0 Å². The second-order valence-corrected chi connectivity index (χ2v) is 6.57. The van der Waals surface area contributed by atoms with Crippen molar-refractivity contribution < 1.29 is 0 Å². The molecule has 1 N–H and O–H groups in total. The monoisotopic (exact) mass is 299 g/mol. The van der Waals surface area contributed by atoms with E-state index in [0.29, 0.717) is 0 Å². The Morgan fingerprint density at radius 1 is 1.10 bits per heavy atom. The quantitative estimate of drug-likeness (QED) is 0.852. The van der Waals surface area contributed by atoms with Crippen LogP contribution in [0.3, 0.4) is 0 Å². The lowest BCUT2D eigenvalue weighted by atomic mass is 10.1. The summed E-state index contributed by atoms with van der Waals surface area (Å²) in [6, 6.07) is 8.60. The number of hydrogen-bond acceptors (Lipinski definition) is 4. The molecule has 1 aromatic carbocycles. The van der Waals surface area contributed by atoms with Crippen molar-refractivity contribution in [3.05, 3.63) is 41.2 Å². The van der Waals surface area contributed by atoms with Gasteiger partial charge < -0.3 is 5.32 Å². The van der Waals surface area contributed by atoms with Gasteiger partial charge in [-0.1, -0.05) is 32.4 Å². The Morgan fingerprint density at radius 2 is 1.90 bits per heavy atom. The van der Waals surface area contributed by atoms with Gasteiger partial charge in [0.25, 0.3) is 0 Å². The number of aryl methyl sites for hydroxylation is 1. The molecule has 0 atom stereocenters. The average molecular weight is 299 g/mol. The summed E-state index contributed by atoms with van der Waals surface area (Å²) >= 11 is 1.86. The maximum Gasteiger partial charge on any atom is 0.159 e. The van der Waals surface area contributed by atoms with E-state index < -0.39 is 0 Å². The van der Waals surface area contributed by atoms with Gasteiger partial charge in [0.05, 0.1) is 5.69 Å². The van der Waals surface area contributed by atoms with Crippen molar-refractivity contribution in [1.82, 2.24) is 15.3 Å². The molecular weight excluding hydrogens is 278 g/mol. The first-order valence-electron chi connectivity index (χ1n) is 7.64. The Labute approximate surface area is 130 Å². The van der Waals surface area contributed by atoms with Gasteiger partial charge in [-0.15, -0.1) is 11.8 Å². The third-order valence-electron chi connectivity index (χ3n) is 3.68. The van der Waals surface area contributed by atoms with E-state index in [1.165, 1.54) is 21.8 Å². The molecule has 3 rings (SSSR count). The van der Waals surface area contributed by atoms with Crippen LogP contribution in [0.1, 0.15) is 37.2 Å². The number of nitrogens with one attached hydrogen (secondary N) is 1. The minimum atomic E-state index is 0.866. The highest BCUT2D eigenvalue weighted by Crippen LogP contribution is 2.25. The fourth-order valence-electron chi connectivity index (χ4n) is 2.68. The molecule has 0 saturated carbocycles. The third-order valence-corrected chi connectivity index (χ3v) is 4.58. The van der Waals surface area contributed by atoms with Crippen LogP contribution in [0.2, 0.25) is 0 Å². The molecule has 2 heterocycles. The zero-order valence-electron chi connectivity index (χ0n) is 12.6. The first kappa shape index (κ1) is 14.5. The molecule has 2 aromatic rings. The van der Waals surface area contributed by atoms with Crippen LogP contribution >= 0.6 is 11.8 Å². The smallest absolute Gasteiger partial charge is 0.159 e. The predicted molar refractivity (Wildman–Crippen MR) is 88.4 cm³/mol. The molecule has 0 amide bonds.